The summed E-state index contributed by atoms with van der Waals surface area (Å²) in [5.41, 5.74) is 3.24. The topological polar surface area (TPSA) is 112 Å². The first kappa shape index (κ1) is 29.0. The second-order valence-corrected chi connectivity index (χ2v) is 9.99. The summed E-state index contributed by atoms with van der Waals surface area (Å²) in [5.74, 6) is -0.544. The van der Waals surface area contributed by atoms with E-state index in [0.29, 0.717) is 46.8 Å². The minimum Gasteiger partial charge on any atom is -0.473 e. The lowest BCUT2D eigenvalue weighted by molar-refractivity contribution is -0.115. The molecule has 3 heterocycles. The summed E-state index contributed by atoms with van der Waals surface area (Å²) in [6.45, 7) is 1.23. The zero-order chi connectivity index (χ0) is 29.5. The number of nitrogens with one attached hydrogen (secondary N) is 2. The number of carbonyl (C=O) groups excluding carboxylic acids is 2. The maximum atomic E-state index is 14.1. The Labute approximate surface area is 247 Å². The number of pyridine rings is 2. The lowest BCUT2D eigenvalue weighted by Gasteiger charge is -2.27. The first-order chi connectivity index (χ1) is 20.4. The molecular weight excluding hydrogens is 563 g/mol. The van der Waals surface area contributed by atoms with Gasteiger partial charge in [-0.15, -0.1) is 0 Å². The molecule has 5 rings (SSSR count). The molecule has 0 unspecified atom stereocenters. The first-order valence-electron chi connectivity index (χ1n) is 13.3. The number of amides is 1. The zero-order valence-corrected chi connectivity index (χ0v) is 23.5. The van der Waals surface area contributed by atoms with E-state index in [1.54, 1.807) is 30.3 Å². The van der Waals surface area contributed by atoms with Gasteiger partial charge in [0.15, 0.2) is 11.5 Å². The van der Waals surface area contributed by atoms with E-state index in [1.165, 1.54) is 19.2 Å². The van der Waals surface area contributed by atoms with Crippen LogP contribution in [-0.4, -0.2) is 48.2 Å². The Morgan fingerprint density at radius 2 is 1.88 bits per heavy atom. The van der Waals surface area contributed by atoms with Crippen LogP contribution < -0.4 is 15.4 Å². The van der Waals surface area contributed by atoms with Crippen molar-refractivity contribution in [1.82, 2.24) is 9.97 Å². The van der Waals surface area contributed by atoms with E-state index in [1.807, 2.05) is 30.3 Å². The van der Waals surface area contributed by atoms with Gasteiger partial charge in [0, 0.05) is 35.4 Å². The fraction of sp³-hybridized carbons (Fsp3) is 0.226. The third-order valence-corrected chi connectivity index (χ3v) is 6.82. The number of halogens is 2. The largest absolute Gasteiger partial charge is 0.473 e. The highest BCUT2D eigenvalue weighted by molar-refractivity contribution is 6.30. The Balaban J connectivity index is 1.21. The Bertz CT molecular complexity index is 1580. The number of esters is 1. The lowest BCUT2D eigenvalue weighted by Crippen LogP contribution is -2.34. The number of hydrogen-bond donors (Lipinski definition) is 2. The number of methoxy groups -OCH3 is 1. The second kappa shape index (κ2) is 13.4. The number of aromatic nitrogens is 2. The molecule has 1 saturated heterocycles. The van der Waals surface area contributed by atoms with Crippen molar-refractivity contribution in [3.8, 4) is 17.1 Å². The average molecular weight is 591 g/mol. The van der Waals surface area contributed by atoms with Crippen LogP contribution in [0.15, 0.2) is 72.8 Å². The van der Waals surface area contributed by atoms with Crippen LogP contribution in [0.5, 0.6) is 5.88 Å². The maximum Gasteiger partial charge on any atom is 0.356 e. The second-order valence-electron chi connectivity index (χ2n) is 9.55. The monoisotopic (exact) mass is 590 g/mol. The molecule has 42 heavy (non-hydrogen) atoms. The molecule has 1 aliphatic rings. The molecule has 1 atom stereocenters. The van der Waals surface area contributed by atoms with Crippen LogP contribution in [-0.2, 0) is 27.3 Å². The highest BCUT2D eigenvalue weighted by atomic mass is 35.5. The molecule has 1 aliphatic heterocycles. The van der Waals surface area contributed by atoms with Crippen LogP contribution in [0, 0.1) is 5.82 Å². The molecule has 2 N–H and O–H groups in total. The SMILES string of the molecule is COC(=O)c1ccc(NC(=O)Cc2ccc(-c3cccc(OCc4ccc(Cl)cc4F)n3)cc2)c(NC[C@@H]2CCO2)n1. The van der Waals surface area contributed by atoms with E-state index in [2.05, 4.69) is 20.6 Å². The van der Waals surface area contributed by atoms with E-state index in [9.17, 15) is 14.0 Å². The summed E-state index contributed by atoms with van der Waals surface area (Å²) >= 11 is 5.81. The van der Waals surface area contributed by atoms with Crippen molar-refractivity contribution in [3.63, 3.8) is 0 Å². The van der Waals surface area contributed by atoms with Crippen molar-refractivity contribution in [2.45, 2.75) is 25.6 Å². The minimum atomic E-state index is -0.571. The van der Waals surface area contributed by atoms with Gasteiger partial charge >= 0.3 is 5.97 Å². The smallest absolute Gasteiger partial charge is 0.356 e. The number of benzene rings is 2. The molecule has 0 saturated carbocycles. The number of carbonyl (C=O) groups is 2. The third kappa shape index (κ3) is 7.39. The average Bonchev–Trinajstić information content (AvgIpc) is 2.96. The molecule has 216 valence electrons. The molecule has 2 aromatic carbocycles. The van der Waals surface area contributed by atoms with Crippen LogP contribution >= 0.6 is 11.6 Å². The van der Waals surface area contributed by atoms with Crippen molar-refractivity contribution in [3.05, 3.63) is 100 Å². The van der Waals surface area contributed by atoms with Crippen LogP contribution in [0.4, 0.5) is 15.9 Å². The summed E-state index contributed by atoms with van der Waals surface area (Å²) < 4.78 is 30.0. The van der Waals surface area contributed by atoms with Gasteiger partial charge in [-0.25, -0.2) is 19.2 Å². The summed E-state index contributed by atoms with van der Waals surface area (Å²) in [4.78, 5) is 33.7. The molecule has 0 bridgehead atoms. The van der Waals surface area contributed by atoms with Gasteiger partial charge in [-0.05, 0) is 42.3 Å². The van der Waals surface area contributed by atoms with E-state index >= 15 is 0 Å². The Kier molecular flexibility index (Phi) is 9.25. The standard InChI is InChI=1S/C31H28ClFN4O5/c1-40-31(39)27-12-11-26(30(37-27)34-17-23-13-14-41-23)35-28(38)15-19-5-7-20(8-6-19)25-3-2-4-29(36-25)42-18-21-9-10-22(32)16-24(21)33/h2-12,16,23H,13-15,17-18H2,1H3,(H,34,37)(H,35,38)/t23-/m0/s1. The predicted octanol–water partition coefficient (Wildman–Crippen LogP) is 5.68. The van der Waals surface area contributed by atoms with Crippen molar-refractivity contribution < 1.29 is 28.2 Å². The van der Waals surface area contributed by atoms with Crippen molar-refractivity contribution in [1.29, 1.82) is 0 Å². The Morgan fingerprint density at radius 1 is 1.07 bits per heavy atom. The van der Waals surface area contributed by atoms with Crippen LogP contribution in [0.1, 0.15) is 28.0 Å². The van der Waals surface area contributed by atoms with Gasteiger partial charge < -0.3 is 24.8 Å². The maximum absolute atomic E-state index is 14.1. The molecule has 1 fully saturated rings. The molecule has 0 aliphatic carbocycles. The van der Waals surface area contributed by atoms with Gasteiger partial charge in [-0.2, -0.15) is 0 Å². The summed E-state index contributed by atoms with van der Waals surface area (Å²) in [6, 6.07) is 20.3. The fourth-order valence-electron chi connectivity index (χ4n) is 4.19. The Hall–Kier alpha value is -4.54. The van der Waals surface area contributed by atoms with Crippen LogP contribution in [0.25, 0.3) is 11.3 Å². The lowest BCUT2D eigenvalue weighted by atomic mass is 10.1. The normalized spacial score (nSPS) is 14.0. The van der Waals surface area contributed by atoms with Crippen molar-refractivity contribution >= 4 is 35.0 Å². The zero-order valence-electron chi connectivity index (χ0n) is 22.7. The van der Waals surface area contributed by atoms with E-state index in [0.717, 1.165) is 17.5 Å². The summed E-state index contributed by atoms with van der Waals surface area (Å²) in [7, 11) is 1.28. The van der Waals surface area contributed by atoms with Gasteiger partial charge in [-0.1, -0.05) is 48.0 Å². The highest BCUT2D eigenvalue weighted by Gasteiger charge is 2.20. The molecule has 4 aromatic rings. The minimum absolute atomic E-state index is 0.0139. The van der Waals surface area contributed by atoms with Crippen molar-refractivity contribution in [2.24, 2.45) is 0 Å². The molecule has 0 radical (unpaired) electrons. The number of ether oxygens (including phenoxy) is 3. The van der Waals surface area contributed by atoms with Gasteiger partial charge in [0.2, 0.25) is 11.8 Å². The van der Waals surface area contributed by atoms with Crippen LogP contribution in [0.3, 0.4) is 0 Å². The van der Waals surface area contributed by atoms with E-state index in [-0.39, 0.29) is 30.7 Å². The number of rotatable bonds is 11. The molecule has 2 aromatic heterocycles. The van der Waals surface area contributed by atoms with E-state index < -0.39 is 11.8 Å². The molecule has 11 heteroatoms. The van der Waals surface area contributed by atoms with Gasteiger partial charge in [0.05, 0.1) is 31.0 Å². The molecule has 0 spiro atoms. The molecule has 1 amide bonds. The van der Waals surface area contributed by atoms with E-state index in [4.69, 9.17) is 25.8 Å². The number of hydrogen-bond acceptors (Lipinski definition) is 8. The van der Waals surface area contributed by atoms with Gasteiger partial charge in [0.25, 0.3) is 0 Å². The molecular formula is C31H28ClFN4O5. The third-order valence-electron chi connectivity index (χ3n) is 6.58. The number of anilines is 2. The summed E-state index contributed by atoms with van der Waals surface area (Å²) in [6.07, 6.45) is 1.11. The predicted molar refractivity (Wildman–Crippen MR) is 156 cm³/mol. The fourth-order valence-corrected chi connectivity index (χ4v) is 4.35. The van der Waals surface area contributed by atoms with Gasteiger partial charge in [-0.3, -0.25) is 4.79 Å². The quantitative estimate of drug-likeness (QED) is 0.215. The summed E-state index contributed by atoms with van der Waals surface area (Å²) in [5, 5.41) is 6.35. The number of nitrogens with zero attached hydrogens (tertiary/aromatic N) is 2. The van der Waals surface area contributed by atoms with Gasteiger partial charge in [0.1, 0.15) is 12.4 Å². The van der Waals surface area contributed by atoms with Crippen LogP contribution in [0.2, 0.25) is 5.02 Å². The highest BCUT2D eigenvalue weighted by Crippen LogP contribution is 2.24. The van der Waals surface area contributed by atoms with Crippen molar-refractivity contribution in [2.75, 3.05) is 30.9 Å². The molecule has 9 nitrogen and oxygen atoms in total. The Morgan fingerprint density at radius 3 is 2.60 bits per heavy atom. The first-order valence-corrected chi connectivity index (χ1v) is 13.6.